The van der Waals surface area contributed by atoms with Gasteiger partial charge in [-0.05, 0) is 18.2 Å². The highest BCUT2D eigenvalue weighted by Gasteiger charge is 2.17. The van der Waals surface area contributed by atoms with Crippen LogP contribution in [0.3, 0.4) is 0 Å². The maximum atomic E-state index is 5.90. The molecule has 0 aromatic carbocycles. The predicted octanol–water partition coefficient (Wildman–Crippen LogP) is 2.51. The Labute approximate surface area is 89.4 Å². The van der Waals surface area contributed by atoms with E-state index in [0.29, 0.717) is 5.82 Å². The molecule has 2 N–H and O–H groups in total. The Morgan fingerprint density at radius 3 is 2.67 bits per heavy atom. The van der Waals surface area contributed by atoms with Crippen LogP contribution in [-0.2, 0) is 5.41 Å². The van der Waals surface area contributed by atoms with Crippen LogP contribution in [0.2, 0.25) is 0 Å². The molecule has 3 heteroatoms. The molecular formula is C12H15N3. The topological polar surface area (TPSA) is 51.8 Å². The summed E-state index contributed by atoms with van der Waals surface area (Å²) >= 11 is 0. The molecule has 0 spiro atoms. The summed E-state index contributed by atoms with van der Waals surface area (Å²) in [4.78, 5) is 8.71. The Bertz CT molecular complexity index is 498. The highest BCUT2D eigenvalue weighted by Crippen LogP contribution is 2.25. The van der Waals surface area contributed by atoms with Crippen molar-refractivity contribution in [3.8, 4) is 0 Å². The van der Waals surface area contributed by atoms with E-state index in [2.05, 4.69) is 30.7 Å². The molecule has 0 atom stereocenters. The monoisotopic (exact) mass is 201 g/mol. The molecule has 0 saturated heterocycles. The quantitative estimate of drug-likeness (QED) is 0.712. The number of nitrogens with zero attached hydrogens (tertiary/aromatic N) is 2. The Morgan fingerprint density at radius 2 is 2.00 bits per heavy atom. The van der Waals surface area contributed by atoms with Crippen molar-refractivity contribution in [1.82, 2.24) is 9.97 Å². The SMILES string of the molecule is CC(C)(C)c1cc2ncccc2c(N)n1. The molecule has 0 saturated carbocycles. The highest BCUT2D eigenvalue weighted by molar-refractivity contribution is 5.88. The first kappa shape index (κ1) is 9.90. The Balaban J connectivity index is 2.73. The van der Waals surface area contributed by atoms with E-state index in [-0.39, 0.29) is 5.41 Å². The third-order valence-electron chi connectivity index (χ3n) is 2.40. The fourth-order valence-electron chi connectivity index (χ4n) is 1.49. The van der Waals surface area contributed by atoms with Gasteiger partial charge in [0.1, 0.15) is 5.82 Å². The molecule has 0 amide bonds. The summed E-state index contributed by atoms with van der Waals surface area (Å²) in [5.41, 5.74) is 7.79. The van der Waals surface area contributed by atoms with Gasteiger partial charge in [0.05, 0.1) is 11.2 Å². The van der Waals surface area contributed by atoms with Crippen molar-refractivity contribution in [2.24, 2.45) is 0 Å². The summed E-state index contributed by atoms with van der Waals surface area (Å²) < 4.78 is 0. The molecule has 0 aliphatic heterocycles. The van der Waals surface area contributed by atoms with Crippen LogP contribution in [0.15, 0.2) is 24.4 Å². The maximum Gasteiger partial charge on any atom is 0.133 e. The second kappa shape index (κ2) is 3.19. The van der Waals surface area contributed by atoms with Gasteiger partial charge >= 0.3 is 0 Å². The molecule has 15 heavy (non-hydrogen) atoms. The first-order chi connectivity index (χ1) is 6.98. The average molecular weight is 201 g/mol. The fraction of sp³-hybridized carbons (Fsp3) is 0.333. The van der Waals surface area contributed by atoms with E-state index in [1.165, 1.54) is 0 Å². The molecule has 2 aromatic heterocycles. The molecule has 2 aromatic rings. The standard InChI is InChI=1S/C12H15N3/c1-12(2,3)10-7-9-8(11(13)15-10)5-4-6-14-9/h4-7H,1-3H3,(H2,13,15). The summed E-state index contributed by atoms with van der Waals surface area (Å²) in [6, 6.07) is 5.82. The molecule has 78 valence electrons. The van der Waals surface area contributed by atoms with E-state index in [0.717, 1.165) is 16.6 Å². The van der Waals surface area contributed by atoms with E-state index in [4.69, 9.17) is 5.73 Å². The van der Waals surface area contributed by atoms with Gasteiger partial charge in [-0.3, -0.25) is 4.98 Å². The molecule has 0 aliphatic rings. The number of aromatic nitrogens is 2. The summed E-state index contributed by atoms with van der Waals surface area (Å²) in [5, 5.41) is 0.922. The highest BCUT2D eigenvalue weighted by atomic mass is 14.9. The minimum atomic E-state index is -0.000167. The zero-order chi connectivity index (χ0) is 11.1. The lowest BCUT2D eigenvalue weighted by Crippen LogP contribution is -2.14. The lowest BCUT2D eigenvalue weighted by atomic mass is 9.91. The van der Waals surface area contributed by atoms with Gasteiger partial charge in [-0.15, -0.1) is 0 Å². The van der Waals surface area contributed by atoms with E-state index < -0.39 is 0 Å². The van der Waals surface area contributed by atoms with Crippen molar-refractivity contribution in [2.75, 3.05) is 5.73 Å². The second-order valence-electron chi connectivity index (χ2n) is 4.71. The predicted molar refractivity (Wildman–Crippen MR) is 62.7 cm³/mol. The van der Waals surface area contributed by atoms with E-state index in [9.17, 15) is 0 Å². The summed E-state index contributed by atoms with van der Waals surface area (Å²) in [6.45, 7) is 6.34. The van der Waals surface area contributed by atoms with E-state index in [1.807, 2.05) is 18.2 Å². The van der Waals surface area contributed by atoms with E-state index in [1.54, 1.807) is 6.20 Å². The first-order valence-corrected chi connectivity index (χ1v) is 5.00. The Hall–Kier alpha value is -1.64. The maximum absolute atomic E-state index is 5.90. The number of rotatable bonds is 0. The van der Waals surface area contributed by atoms with Crippen molar-refractivity contribution in [3.05, 3.63) is 30.1 Å². The van der Waals surface area contributed by atoms with Crippen molar-refractivity contribution in [3.63, 3.8) is 0 Å². The van der Waals surface area contributed by atoms with Crippen LogP contribution >= 0.6 is 0 Å². The van der Waals surface area contributed by atoms with Crippen LogP contribution in [0.25, 0.3) is 10.9 Å². The Morgan fingerprint density at radius 1 is 1.27 bits per heavy atom. The normalized spacial score (nSPS) is 11.9. The van der Waals surface area contributed by atoms with Gasteiger partial charge in [-0.25, -0.2) is 4.98 Å². The molecule has 0 bridgehead atoms. The average Bonchev–Trinajstić information content (AvgIpc) is 2.16. The molecule has 0 aliphatic carbocycles. The number of nitrogens with two attached hydrogens (primary N) is 1. The lowest BCUT2D eigenvalue weighted by molar-refractivity contribution is 0.571. The fourth-order valence-corrected chi connectivity index (χ4v) is 1.49. The van der Waals surface area contributed by atoms with Gasteiger partial charge in [0.15, 0.2) is 0 Å². The van der Waals surface area contributed by atoms with Gasteiger partial charge < -0.3 is 5.73 Å². The zero-order valence-electron chi connectivity index (χ0n) is 9.28. The number of pyridine rings is 2. The minimum absolute atomic E-state index is 0.000167. The largest absolute Gasteiger partial charge is 0.383 e. The van der Waals surface area contributed by atoms with Crippen LogP contribution < -0.4 is 5.73 Å². The summed E-state index contributed by atoms with van der Waals surface area (Å²) in [7, 11) is 0. The van der Waals surface area contributed by atoms with Gasteiger partial charge in [0.2, 0.25) is 0 Å². The number of anilines is 1. The number of hydrogen-bond acceptors (Lipinski definition) is 3. The lowest BCUT2D eigenvalue weighted by Gasteiger charge is -2.18. The van der Waals surface area contributed by atoms with Crippen LogP contribution in [0.1, 0.15) is 26.5 Å². The number of fused-ring (bicyclic) bond motifs is 1. The third-order valence-corrected chi connectivity index (χ3v) is 2.40. The molecule has 0 radical (unpaired) electrons. The van der Waals surface area contributed by atoms with Crippen LogP contribution in [-0.4, -0.2) is 9.97 Å². The van der Waals surface area contributed by atoms with Gasteiger partial charge in [-0.1, -0.05) is 20.8 Å². The summed E-state index contributed by atoms with van der Waals surface area (Å²) in [6.07, 6.45) is 1.77. The summed E-state index contributed by atoms with van der Waals surface area (Å²) in [5.74, 6) is 0.561. The molecule has 0 fully saturated rings. The zero-order valence-corrected chi connectivity index (χ0v) is 9.28. The van der Waals surface area contributed by atoms with Crippen molar-refractivity contribution in [2.45, 2.75) is 26.2 Å². The van der Waals surface area contributed by atoms with Crippen molar-refractivity contribution >= 4 is 16.7 Å². The first-order valence-electron chi connectivity index (χ1n) is 5.00. The smallest absolute Gasteiger partial charge is 0.133 e. The van der Waals surface area contributed by atoms with Gasteiger partial charge in [-0.2, -0.15) is 0 Å². The van der Waals surface area contributed by atoms with Crippen LogP contribution in [0.4, 0.5) is 5.82 Å². The number of nitrogen functional groups attached to an aromatic ring is 1. The van der Waals surface area contributed by atoms with Crippen molar-refractivity contribution in [1.29, 1.82) is 0 Å². The molecule has 2 heterocycles. The Kier molecular flexibility index (Phi) is 2.11. The van der Waals surface area contributed by atoms with Crippen LogP contribution in [0.5, 0.6) is 0 Å². The minimum Gasteiger partial charge on any atom is -0.383 e. The molecule has 2 rings (SSSR count). The van der Waals surface area contributed by atoms with Crippen LogP contribution in [0, 0.1) is 0 Å². The van der Waals surface area contributed by atoms with Gasteiger partial charge in [0, 0.05) is 17.0 Å². The van der Waals surface area contributed by atoms with Crippen molar-refractivity contribution < 1.29 is 0 Å². The van der Waals surface area contributed by atoms with Gasteiger partial charge in [0.25, 0.3) is 0 Å². The third kappa shape index (κ3) is 1.77. The molecular weight excluding hydrogens is 186 g/mol. The van der Waals surface area contributed by atoms with E-state index >= 15 is 0 Å². The molecule has 3 nitrogen and oxygen atoms in total. The molecule has 0 unspecified atom stereocenters. The second-order valence-corrected chi connectivity index (χ2v) is 4.71. The number of hydrogen-bond donors (Lipinski definition) is 1.